The van der Waals surface area contributed by atoms with Crippen molar-refractivity contribution < 1.29 is 24.0 Å². The van der Waals surface area contributed by atoms with Crippen molar-refractivity contribution >= 4 is 11.8 Å². The molecule has 2 aromatic heterocycles. The van der Waals surface area contributed by atoms with E-state index in [2.05, 4.69) is 27.4 Å². The summed E-state index contributed by atoms with van der Waals surface area (Å²) in [6.45, 7) is 3.53. The standard InChI is InChI=1S/C22H21N5O5/c1-12-10-17(26-32-12)22(2,30)8-6-13-4-5-16-15(11-13)27-14(7-9-31-16)18(21(29)24-3)19(25-27)20(23)28/h4-5,10-11,30H,7,9H2,1-3H3,(H2,23,28)(H,24,29). The third-order valence-corrected chi connectivity index (χ3v) is 5.03. The fourth-order valence-corrected chi connectivity index (χ4v) is 3.41. The highest BCUT2D eigenvalue weighted by molar-refractivity contribution is 6.06. The number of rotatable bonds is 3. The lowest BCUT2D eigenvalue weighted by Gasteiger charge is -2.12. The lowest BCUT2D eigenvalue weighted by Crippen LogP contribution is -2.24. The van der Waals surface area contributed by atoms with Gasteiger partial charge >= 0.3 is 0 Å². The summed E-state index contributed by atoms with van der Waals surface area (Å²) >= 11 is 0. The van der Waals surface area contributed by atoms with Gasteiger partial charge < -0.3 is 25.4 Å². The van der Waals surface area contributed by atoms with E-state index in [0.29, 0.717) is 40.6 Å². The van der Waals surface area contributed by atoms with Crippen LogP contribution >= 0.6 is 0 Å². The highest BCUT2D eigenvalue weighted by atomic mass is 16.5. The maximum absolute atomic E-state index is 12.4. The number of hydrogen-bond donors (Lipinski definition) is 3. The molecule has 4 N–H and O–H groups in total. The van der Waals surface area contributed by atoms with Crippen molar-refractivity contribution in [1.82, 2.24) is 20.3 Å². The smallest absolute Gasteiger partial charge is 0.270 e. The van der Waals surface area contributed by atoms with Crippen molar-refractivity contribution in [3.8, 4) is 23.3 Å². The van der Waals surface area contributed by atoms with Crippen LogP contribution < -0.4 is 15.8 Å². The number of aliphatic hydroxyl groups is 1. The van der Waals surface area contributed by atoms with Gasteiger partial charge in [0, 0.05) is 25.1 Å². The first-order chi connectivity index (χ1) is 15.2. The van der Waals surface area contributed by atoms with Crippen LogP contribution in [-0.4, -0.2) is 45.5 Å². The van der Waals surface area contributed by atoms with Crippen LogP contribution in [0, 0.1) is 18.8 Å². The molecule has 4 rings (SSSR count). The summed E-state index contributed by atoms with van der Waals surface area (Å²) in [4.78, 5) is 24.4. The van der Waals surface area contributed by atoms with Gasteiger partial charge in [0.15, 0.2) is 11.3 Å². The van der Waals surface area contributed by atoms with Gasteiger partial charge in [0.25, 0.3) is 11.8 Å². The Morgan fingerprint density at radius 2 is 2.12 bits per heavy atom. The molecule has 3 aromatic rings. The molecule has 2 amide bonds. The Morgan fingerprint density at radius 1 is 1.34 bits per heavy atom. The molecule has 3 heterocycles. The molecule has 0 saturated heterocycles. The maximum Gasteiger partial charge on any atom is 0.270 e. The number of nitrogens with zero attached hydrogens (tertiary/aromatic N) is 3. The van der Waals surface area contributed by atoms with Crippen LogP contribution in [0.5, 0.6) is 5.75 Å². The van der Waals surface area contributed by atoms with Crippen LogP contribution in [0.3, 0.4) is 0 Å². The quantitative estimate of drug-likeness (QED) is 0.516. The third kappa shape index (κ3) is 3.70. The second-order valence-corrected chi connectivity index (χ2v) is 7.45. The van der Waals surface area contributed by atoms with Gasteiger partial charge in [-0.2, -0.15) is 5.10 Å². The molecule has 0 bridgehead atoms. The molecule has 164 valence electrons. The minimum absolute atomic E-state index is 0.118. The number of amides is 2. The van der Waals surface area contributed by atoms with Crippen molar-refractivity contribution in [2.45, 2.75) is 25.9 Å². The number of aryl methyl sites for hydroxylation is 1. The molecule has 10 nitrogen and oxygen atoms in total. The molecule has 32 heavy (non-hydrogen) atoms. The minimum Gasteiger partial charge on any atom is -0.491 e. The monoisotopic (exact) mass is 435 g/mol. The Labute approximate surface area is 183 Å². The van der Waals surface area contributed by atoms with Crippen molar-refractivity contribution in [1.29, 1.82) is 0 Å². The van der Waals surface area contributed by atoms with Gasteiger partial charge in [-0.1, -0.05) is 17.0 Å². The average molecular weight is 435 g/mol. The van der Waals surface area contributed by atoms with Crippen molar-refractivity contribution in [2.75, 3.05) is 13.7 Å². The fourth-order valence-electron chi connectivity index (χ4n) is 3.41. The van der Waals surface area contributed by atoms with Crippen LogP contribution in [0.1, 0.15) is 50.5 Å². The molecule has 0 fully saturated rings. The van der Waals surface area contributed by atoms with E-state index in [1.807, 2.05) is 0 Å². The zero-order valence-corrected chi connectivity index (χ0v) is 17.7. The van der Waals surface area contributed by atoms with Gasteiger partial charge in [-0.25, -0.2) is 4.68 Å². The first-order valence-electron chi connectivity index (χ1n) is 9.81. The van der Waals surface area contributed by atoms with Gasteiger partial charge in [-0.15, -0.1) is 0 Å². The number of hydrogen-bond acceptors (Lipinski definition) is 7. The Kier molecular flexibility index (Phi) is 5.20. The van der Waals surface area contributed by atoms with E-state index >= 15 is 0 Å². The SMILES string of the molecule is CNC(=O)c1c(C(N)=O)nn2c1CCOc1ccc(C#CC(C)(O)c3cc(C)on3)cc1-2. The Hall–Kier alpha value is -4.10. The third-order valence-electron chi connectivity index (χ3n) is 5.03. The van der Waals surface area contributed by atoms with Crippen LogP contribution in [0.15, 0.2) is 28.8 Å². The van der Waals surface area contributed by atoms with Crippen molar-refractivity contribution in [3.63, 3.8) is 0 Å². The molecule has 1 atom stereocenters. The van der Waals surface area contributed by atoms with Gasteiger partial charge in [0.05, 0.1) is 17.9 Å². The number of nitrogens with two attached hydrogens (primary N) is 1. The van der Waals surface area contributed by atoms with Crippen molar-refractivity contribution in [2.24, 2.45) is 5.73 Å². The molecular weight excluding hydrogens is 414 g/mol. The molecule has 0 radical (unpaired) electrons. The van der Waals surface area contributed by atoms with Crippen LogP contribution in [-0.2, 0) is 12.0 Å². The topological polar surface area (TPSA) is 146 Å². The Bertz CT molecular complexity index is 1290. The molecule has 10 heteroatoms. The van der Waals surface area contributed by atoms with E-state index in [9.17, 15) is 14.7 Å². The first-order valence-corrected chi connectivity index (χ1v) is 9.81. The molecule has 1 aliphatic rings. The number of fused-ring (bicyclic) bond motifs is 3. The lowest BCUT2D eigenvalue weighted by atomic mass is 10.0. The number of nitrogens with one attached hydrogen (secondary N) is 1. The molecule has 0 saturated carbocycles. The number of ether oxygens (including phenoxy) is 1. The molecule has 1 aromatic carbocycles. The number of aromatic nitrogens is 3. The summed E-state index contributed by atoms with van der Waals surface area (Å²) < 4.78 is 12.3. The van der Waals surface area contributed by atoms with E-state index in [4.69, 9.17) is 15.0 Å². The summed E-state index contributed by atoms with van der Waals surface area (Å²) in [5, 5.41) is 21.3. The van der Waals surface area contributed by atoms with Crippen LogP contribution in [0.25, 0.3) is 5.69 Å². The summed E-state index contributed by atoms with van der Waals surface area (Å²) in [5.74, 6) is 5.52. The largest absolute Gasteiger partial charge is 0.491 e. The highest BCUT2D eigenvalue weighted by Gasteiger charge is 2.29. The molecular formula is C22H21N5O5. The normalized spacial score (nSPS) is 14.0. The molecule has 0 spiro atoms. The summed E-state index contributed by atoms with van der Waals surface area (Å²) in [7, 11) is 1.47. The van der Waals surface area contributed by atoms with E-state index in [1.54, 1.807) is 31.2 Å². The first kappa shape index (κ1) is 21.1. The maximum atomic E-state index is 12.4. The molecule has 0 aliphatic carbocycles. The van der Waals surface area contributed by atoms with Gasteiger partial charge in [0.1, 0.15) is 22.9 Å². The van der Waals surface area contributed by atoms with Crippen molar-refractivity contribution in [3.05, 3.63) is 58.2 Å². The van der Waals surface area contributed by atoms with E-state index in [-0.39, 0.29) is 17.9 Å². The summed E-state index contributed by atoms with van der Waals surface area (Å²) in [6.07, 6.45) is 0.346. The van der Waals surface area contributed by atoms with Gasteiger partial charge in [-0.05, 0) is 32.0 Å². The zero-order chi connectivity index (χ0) is 23.0. The molecule has 1 unspecified atom stereocenters. The summed E-state index contributed by atoms with van der Waals surface area (Å²) in [6, 6.07) is 6.77. The van der Waals surface area contributed by atoms with Crippen LogP contribution in [0.4, 0.5) is 0 Å². The van der Waals surface area contributed by atoms with E-state index in [1.165, 1.54) is 18.7 Å². The number of carbonyl (C=O) groups is 2. The minimum atomic E-state index is -1.52. The van der Waals surface area contributed by atoms with E-state index in [0.717, 1.165) is 0 Å². The second-order valence-electron chi connectivity index (χ2n) is 7.45. The average Bonchev–Trinajstić information content (AvgIpc) is 3.32. The summed E-state index contributed by atoms with van der Waals surface area (Å²) in [5.41, 5.74) is 5.81. The van der Waals surface area contributed by atoms with E-state index < -0.39 is 17.4 Å². The Balaban J connectivity index is 1.81. The van der Waals surface area contributed by atoms with Gasteiger partial charge in [0.2, 0.25) is 0 Å². The predicted molar refractivity (Wildman–Crippen MR) is 112 cm³/mol. The zero-order valence-electron chi connectivity index (χ0n) is 17.7. The second kappa shape index (κ2) is 7.86. The number of primary amides is 1. The van der Waals surface area contributed by atoms with Gasteiger partial charge in [-0.3, -0.25) is 9.59 Å². The molecule has 1 aliphatic heterocycles. The van der Waals surface area contributed by atoms with Crippen LogP contribution in [0.2, 0.25) is 0 Å². The fraction of sp³-hybridized carbons (Fsp3) is 0.273. The lowest BCUT2D eigenvalue weighted by molar-refractivity contribution is 0.0941. The Morgan fingerprint density at radius 3 is 2.78 bits per heavy atom. The number of benzene rings is 1. The number of carbonyl (C=O) groups excluding carboxylic acids is 2. The highest BCUT2D eigenvalue weighted by Crippen LogP contribution is 2.31. The predicted octanol–water partition coefficient (Wildman–Crippen LogP) is 0.821.